The van der Waals surface area contributed by atoms with Crippen molar-refractivity contribution in [2.75, 3.05) is 7.11 Å². The SMILES string of the molecule is COc1cc(B2OC(C)(C)C(C)(C)O2)ccc1OC(N)=O. The molecule has 0 spiro atoms. The van der Waals surface area contributed by atoms with E-state index in [-0.39, 0.29) is 5.75 Å². The lowest BCUT2D eigenvalue weighted by Gasteiger charge is -2.32. The summed E-state index contributed by atoms with van der Waals surface area (Å²) >= 11 is 0. The van der Waals surface area contributed by atoms with Crippen LogP contribution in [-0.2, 0) is 9.31 Å². The third-order valence-electron chi connectivity index (χ3n) is 3.92. The molecule has 1 fully saturated rings. The normalized spacial score (nSPS) is 19.4. The third kappa shape index (κ3) is 2.98. The van der Waals surface area contributed by atoms with E-state index in [1.807, 2.05) is 27.7 Å². The van der Waals surface area contributed by atoms with Crippen LogP contribution in [0.15, 0.2) is 18.2 Å². The Kier molecular flexibility index (Phi) is 3.90. The minimum atomic E-state index is -0.892. The minimum absolute atomic E-state index is 0.255. The van der Waals surface area contributed by atoms with Crippen molar-refractivity contribution in [1.82, 2.24) is 0 Å². The van der Waals surface area contributed by atoms with Crippen LogP contribution < -0.4 is 20.7 Å². The standard InChI is InChI=1S/C14H20BNO5/c1-13(2)14(3,4)21-15(20-13)9-6-7-10(19-12(16)17)11(8-9)18-5/h6-8H,1-5H3,(H2,16,17). The zero-order chi connectivity index (χ0) is 15.8. The fourth-order valence-corrected chi connectivity index (χ4v) is 2.00. The number of primary amides is 1. The van der Waals surface area contributed by atoms with Crippen molar-refractivity contribution >= 4 is 18.7 Å². The molecular weight excluding hydrogens is 273 g/mol. The molecule has 1 aliphatic rings. The number of carbonyl (C=O) groups excluding carboxylic acids is 1. The summed E-state index contributed by atoms with van der Waals surface area (Å²) in [6.07, 6.45) is -0.892. The molecule has 2 rings (SSSR count). The van der Waals surface area contributed by atoms with Crippen LogP contribution in [0.2, 0.25) is 0 Å². The zero-order valence-electron chi connectivity index (χ0n) is 12.9. The first-order valence-corrected chi connectivity index (χ1v) is 6.67. The molecule has 0 bridgehead atoms. The molecule has 0 unspecified atom stereocenters. The van der Waals surface area contributed by atoms with E-state index in [1.54, 1.807) is 18.2 Å². The predicted molar refractivity (Wildman–Crippen MR) is 78.9 cm³/mol. The van der Waals surface area contributed by atoms with E-state index >= 15 is 0 Å². The van der Waals surface area contributed by atoms with Gasteiger partial charge in [-0.05, 0) is 45.3 Å². The second-order valence-electron chi connectivity index (χ2n) is 5.92. The van der Waals surface area contributed by atoms with Gasteiger partial charge in [0.1, 0.15) is 0 Å². The molecule has 1 amide bonds. The molecule has 0 aliphatic carbocycles. The van der Waals surface area contributed by atoms with Crippen molar-refractivity contribution in [3.8, 4) is 11.5 Å². The zero-order valence-corrected chi connectivity index (χ0v) is 12.9. The maximum atomic E-state index is 10.8. The predicted octanol–water partition coefficient (Wildman–Crippen LogP) is 1.45. The monoisotopic (exact) mass is 293 g/mol. The van der Waals surface area contributed by atoms with Crippen molar-refractivity contribution in [3.05, 3.63) is 18.2 Å². The molecule has 1 aromatic carbocycles. The van der Waals surface area contributed by atoms with E-state index in [0.717, 1.165) is 5.46 Å². The Bertz CT molecular complexity index is 542. The van der Waals surface area contributed by atoms with E-state index in [2.05, 4.69) is 0 Å². The molecule has 1 aromatic rings. The van der Waals surface area contributed by atoms with Crippen molar-refractivity contribution < 1.29 is 23.6 Å². The summed E-state index contributed by atoms with van der Waals surface area (Å²) in [6.45, 7) is 7.92. The van der Waals surface area contributed by atoms with Gasteiger partial charge >= 0.3 is 13.2 Å². The van der Waals surface area contributed by atoms with Crippen LogP contribution in [0.1, 0.15) is 27.7 Å². The van der Waals surface area contributed by atoms with Crippen LogP contribution in [0.4, 0.5) is 4.79 Å². The maximum absolute atomic E-state index is 10.8. The first-order valence-electron chi connectivity index (χ1n) is 6.67. The first kappa shape index (κ1) is 15.7. The van der Waals surface area contributed by atoms with Gasteiger partial charge in [0.15, 0.2) is 11.5 Å². The summed E-state index contributed by atoms with van der Waals surface area (Å²) in [5, 5.41) is 0. The molecule has 1 saturated heterocycles. The Hall–Kier alpha value is -1.73. The van der Waals surface area contributed by atoms with E-state index in [9.17, 15) is 4.79 Å². The number of ether oxygens (including phenoxy) is 2. The molecule has 6 nitrogen and oxygen atoms in total. The molecule has 1 heterocycles. The summed E-state index contributed by atoms with van der Waals surface area (Å²) in [6, 6.07) is 5.06. The van der Waals surface area contributed by atoms with Crippen LogP contribution in [-0.4, -0.2) is 31.5 Å². The highest BCUT2D eigenvalue weighted by molar-refractivity contribution is 6.62. The third-order valence-corrected chi connectivity index (χ3v) is 3.92. The van der Waals surface area contributed by atoms with Crippen molar-refractivity contribution in [2.45, 2.75) is 38.9 Å². The molecule has 21 heavy (non-hydrogen) atoms. The molecule has 7 heteroatoms. The van der Waals surface area contributed by atoms with Gasteiger partial charge in [-0.15, -0.1) is 0 Å². The van der Waals surface area contributed by atoms with Gasteiger partial charge in [-0.1, -0.05) is 6.07 Å². The van der Waals surface area contributed by atoms with Crippen molar-refractivity contribution in [3.63, 3.8) is 0 Å². The smallest absolute Gasteiger partial charge is 0.493 e. The van der Waals surface area contributed by atoms with E-state index in [0.29, 0.717) is 5.75 Å². The summed E-state index contributed by atoms with van der Waals surface area (Å²) in [7, 11) is 0.975. The van der Waals surface area contributed by atoms with Crippen LogP contribution in [0.25, 0.3) is 0 Å². The highest BCUT2D eigenvalue weighted by Gasteiger charge is 2.51. The Labute approximate surface area is 124 Å². The highest BCUT2D eigenvalue weighted by Crippen LogP contribution is 2.37. The number of hydrogen-bond donors (Lipinski definition) is 1. The molecule has 0 saturated carbocycles. The maximum Gasteiger partial charge on any atom is 0.494 e. The lowest BCUT2D eigenvalue weighted by molar-refractivity contribution is 0.00578. The number of nitrogens with two attached hydrogens (primary N) is 1. The van der Waals surface area contributed by atoms with Crippen LogP contribution >= 0.6 is 0 Å². The van der Waals surface area contributed by atoms with Gasteiger partial charge in [-0.3, -0.25) is 0 Å². The molecule has 0 radical (unpaired) electrons. The number of rotatable bonds is 3. The van der Waals surface area contributed by atoms with Gasteiger partial charge in [0.2, 0.25) is 0 Å². The molecular formula is C14H20BNO5. The van der Waals surface area contributed by atoms with Gasteiger partial charge in [-0.25, -0.2) is 4.79 Å². The lowest BCUT2D eigenvalue weighted by Crippen LogP contribution is -2.41. The first-order chi connectivity index (χ1) is 9.66. The number of hydrogen-bond acceptors (Lipinski definition) is 5. The fourth-order valence-electron chi connectivity index (χ4n) is 2.00. The van der Waals surface area contributed by atoms with Gasteiger partial charge in [0.05, 0.1) is 18.3 Å². The molecule has 114 valence electrons. The Balaban J connectivity index is 2.28. The largest absolute Gasteiger partial charge is 0.494 e. The second-order valence-corrected chi connectivity index (χ2v) is 5.92. The summed E-state index contributed by atoms with van der Waals surface area (Å²) in [5.74, 6) is 0.645. The summed E-state index contributed by atoms with van der Waals surface area (Å²) in [5.41, 5.74) is 4.95. The fraction of sp³-hybridized carbons (Fsp3) is 0.500. The summed E-state index contributed by atoms with van der Waals surface area (Å²) < 4.78 is 22.0. The van der Waals surface area contributed by atoms with Crippen LogP contribution in [0.5, 0.6) is 11.5 Å². The molecule has 1 aliphatic heterocycles. The molecule has 0 atom stereocenters. The van der Waals surface area contributed by atoms with Gasteiger partial charge in [0, 0.05) is 0 Å². The van der Waals surface area contributed by atoms with Gasteiger partial charge in [0.25, 0.3) is 0 Å². The van der Waals surface area contributed by atoms with E-state index in [4.69, 9.17) is 24.5 Å². The molecule has 2 N–H and O–H groups in total. The average Bonchev–Trinajstić information content (AvgIpc) is 2.58. The van der Waals surface area contributed by atoms with Crippen molar-refractivity contribution in [2.24, 2.45) is 5.73 Å². The van der Waals surface area contributed by atoms with Crippen molar-refractivity contribution in [1.29, 1.82) is 0 Å². The second kappa shape index (κ2) is 5.24. The summed E-state index contributed by atoms with van der Waals surface area (Å²) in [4.78, 5) is 10.8. The molecule has 0 aromatic heterocycles. The minimum Gasteiger partial charge on any atom is -0.493 e. The number of benzene rings is 1. The van der Waals surface area contributed by atoms with E-state index < -0.39 is 24.4 Å². The topological polar surface area (TPSA) is 80.0 Å². The number of methoxy groups -OCH3 is 1. The van der Waals surface area contributed by atoms with E-state index in [1.165, 1.54) is 7.11 Å². The quantitative estimate of drug-likeness (QED) is 0.853. The Morgan fingerprint density at radius 1 is 1.14 bits per heavy atom. The average molecular weight is 293 g/mol. The Morgan fingerprint density at radius 3 is 2.19 bits per heavy atom. The Morgan fingerprint density at radius 2 is 1.71 bits per heavy atom. The number of amides is 1. The van der Waals surface area contributed by atoms with Crippen LogP contribution in [0.3, 0.4) is 0 Å². The number of carbonyl (C=O) groups is 1. The van der Waals surface area contributed by atoms with Gasteiger partial charge in [-0.2, -0.15) is 0 Å². The highest BCUT2D eigenvalue weighted by atomic mass is 16.7. The lowest BCUT2D eigenvalue weighted by atomic mass is 9.79. The van der Waals surface area contributed by atoms with Crippen LogP contribution in [0, 0.1) is 0 Å². The van der Waals surface area contributed by atoms with Gasteiger partial charge < -0.3 is 24.5 Å².